The zero-order valence-electron chi connectivity index (χ0n) is 12.0. The topological polar surface area (TPSA) is 66.4 Å². The number of phenols is 1. The highest BCUT2D eigenvalue weighted by Crippen LogP contribution is 2.19. The minimum Gasteiger partial charge on any atom is -0.508 e. The van der Waals surface area contributed by atoms with Gasteiger partial charge in [0.2, 0.25) is 5.91 Å². The van der Waals surface area contributed by atoms with Crippen LogP contribution in [-0.2, 0) is 4.79 Å². The summed E-state index contributed by atoms with van der Waals surface area (Å²) in [6.45, 7) is 0. The van der Waals surface area contributed by atoms with Crippen molar-refractivity contribution in [3.63, 3.8) is 0 Å². The minimum atomic E-state index is -0.377. The van der Waals surface area contributed by atoms with Crippen LogP contribution >= 0.6 is 11.3 Å². The molecule has 1 amide bonds. The summed E-state index contributed by atoms with van der Waals surface area (Å²) in [5.41, 5.74) is 1.05. The molecule has 1 aromatic heterocycles. The molecule has 3 rings (SSSR count). The van der Waals surface area contributed by atoms with E-state index in [1.54, 1.807) is 36.4 Å². The van der Waals surface area contributed by atoms with Crippen LogP contribution in [0.2, 0.25) is 0 Å². The van der Waals surface area contributed by atoms with Crippen molar-refractivity contribution < 1.29 is 9.90 Å². The molecule has 23 heavy (non-hydrogen) atoms. The van der Waals surface area contributed by atoms with Crippen molar-refractivity contribution >= 4 is 39.1 Å². The lowest BCUT2D eigenvalue weighted by molar-refractivity contribution is -0.111. The first-order chi connectivity index (χ1) is 11.1. The fourth-order valence-corrected chi connectivity index (χ4v) is 2.89. The van der Waals surface area contributed by atoms with E-state index in [0.29, 0.717) is 0 Å². The first kappa shape index (κ1) is 15.0. The van der Waals surface area contributed by atoms with Crippen molar-refractivity contribution in [2.45, 2.75) is 0 Å². The van der Waals surface area contributed by atoms with Crippen molar-refractivity contribution in [3.05, 3.63) is 75.8 Å². The van der Waals surface area contributed by atoms with E-state index in [0.717, 1.165) is 27.0 Å². The zero-order chi connectivity index (χ0) is 16.2. The Kier molecular flexibility index (Phi) is 4.21. The molecule has 2 N–H and O–H groups in total. The van der Waals surface area contributed by atoms with Gasteiger partial charge < -0.3 is 10.4 Å². The SMILES string of the molecule is O=C(C=Cc1ccc(O)cc1)Nc1cc2ccccc2sc1=O. The molecule has 0 unspecified atom stereocenters. The maximum absolute atomic E-state index is 12.0. The molecule has 0 atom stereocenters. The number of rotatable bonds is 3. The van der Waals surface area contributed by atoms with Gasteiger partial charge in [-0.25, -0.2) is 0 Å². The van der Waals surface area contributed by atoms with Crippen LogP contribution in [0.15, 0.2) is 65.5 Å². The van der Waals surface area contributed by atoms with Gasteiger partial charge in [-0.05, 0) is 41.3 Å². The molecule has 2 aromatic carbocycles. The maximum Gasteiger partial charge on any atom is 0.256 e. The smallest absolute Gasteiger partial charge is 0.256 e. The normalized spacial score (nSPS) is 11.0. The molecular weight excluding hydrogens is 310 g/mol. The molecule has 0 radical (unpaired) electrons. The Bertz CT molecular complexity index is 942. The first-order valence-electron chi connectivity index (χ1n) is 6.93. The van der Waals surface area contributed by atoms with Crippen LogP contribution in [0.5, 0.6) is 5.75 Å². The van der Waals surface area contributed by atoms with Gasteiger partial charge in [0.15, 0.2) is 0 Å². The molecule has 0 bridgehead atoms. The van der Waals surface area contributed by atoms with Crippen LogP contribution in [-0.4, -0.2) is 11.0 Å². The van der Waals surface area contributed by atoms with E-state index in [1.807, 2.05) is 24.3 Å². The number of aromatic hydroxyl groups is 1. The van der Waals surface area contributed by atoms with Gasteiger partial charge in [0.25, 0.3) is 4.74 Å². The first-order valence-corrected chi connectivity index (χ1v) is 7.74. The molecule has 0 saturated carbocycles. The average Bonchev–Trinajstić information content (AvgIpc) is 2.55. The number of hydrogen-bond acceptors (Lipinski definition) is 4. The van der Waals surface area contributed by atoms with E-state index in [2.05, 4.69) is 5.32 Å². The number of hydrogen-bond donors (Lipinski definition) is 2. The summed E-state index contributed by atoms with van der Waals surface area (Å²) in [5, 5.41) is 12.7. The highest BCUT2D eigenvalue weighted by atomic mass is 32.1. The van der Waals surface area contributed by atoms with Gasteiger partial charge in [0.05, 0.1) is 0 Å². The van der Waals surface area contributed by atoms with Gasteiger partial charge in [-0.15, -0.1) is 0 Å². The van der Waals surface area contributed by atoms with E-state index < -0.39 is 0 Å². The minimum absolute atomic E-state index is 0.167. The summed E-state index contributed by atoms with van der Waals surface area (Å²) in [7, 11) is 0. The number of fused-ring (bicyclic) bond motifs is 1. The lowest BCUT2D eigenvalue weighted by atomic mass is 10.2. The van der Waals surface area contributed by atoms with Gasteiger partial charge in [0, 0.05) is 10.8 Å². The van der Waals surface area contributed by atoms with Gasteiger partial charge >= 0.3 is 0 Å². The average molecular weight is 323 g/mol. The Balaban J connectivity index is 1.78. The third-order valence-electron chi connectivity index (χ3n) is 3.22. The van der Waals surface area contributed by atoms with E-state index >= 15 is 0 Å². The van der Waals surface area contributed by atoms with Crippen LogP contribution in [0.25, 0.3) is 16.2 Å². The molecule has 0 saturated heterocycles. The molecule has 4 nitrogen and oxygen atoms in total. The van der Waals surface area contributed by atoms with Crippen molar-refractivity contribution in [1.29, 1.82) is 0 Å². The second-order valence-corrected chi connectivity index (χ2v) is 5.91. The zero-order valence-corrected chi connectivity index (χ0v) is 12.8. The molecule has 0 aliphatic rings. The van der Waals surface area contributed by atoms with Crippen molar-refractivity contribution in [3.8, 4) is 5.75 Å². The van der Waals surface area contributed by atoms with E-state index in [1.165, 1.54) is 6.08 Å². The molecule has 1 heterocycles. The number of benzene rings is 2. The van der Waals surface area contributed by atoms with E-state index in [-0.39, 0.29) is 22.1 Å². The number of anilines is 1. The largest absolute Gasteiger partial charge is 0.508 e. The molecule has 0 aliphatic heterocycles. The van der Waals surface area contributed by atoms with Gasteiger partial charge in [-0.1, -0.05) is 41.7 Å². The Hall–Kier alpha value is -2.92. The second kappa shape index (κ2) is 6.46. The lowest BCUT2D eigenvalue weighted by Crippen LogP contribution is -2.14. The van der Waals surface area contributed by atoms with Crippen molar-refractivity contribution in [1.82, 2.24) is 0 Å². The number of phenolic OH excluding ortho intramolecular Hbond substituents is 1. The molecule has 3 aromatic rings. The molecular formula is C18H13NO3S. The molecule has 114 valence electrons. The summed E-state index contributed by atoms with van der Waals surface area (Å²) in [4.78, 5) is 24.0. The van der Waals surface area contributed by atoms with Gasteiger partial charge in [0.1, 0.15) is 11.4 Å². The predicted octanol–water partition coefficient (Wildman–Crippen LogP) is 3.62. The van der Waals surface area contributed by atoms with Crippen LogP contribution in [0.4, 0.5) is 5.69 Å². The Morgan fingerprint density at radius 2 is 1.83 bits per heavy atom. The summed E-state index contributed by atoms with van der Waals surface area (Å²) < 4.78 is 0.699. The monoisotopic (exact) mass is 323 g/mol. The highest BCUT2D eigenvalue weighted by Gasteiger charge is 2.05. The predicted molar refractivity (Wildman–Crippen MR) is 93.9 cm³/mol. The Morgan fingerprint density at radius 3 is 2.61 bits per heavy atom. The molecule has 0 spiro atoms. The van der Waals surface area contributed by atoms with E-state index in [9.17, 15) is 14.7 Å². The van der Waals surface area contributed by atoms with Crippen LogP contribution in [0.3, 0.4) is 0 Å². The number of amides is 1. The summed E-state index contributed by atoms with van der Waals surface area (Å²) >= 11 is 1.10. The number of nitrogens with one attached hydrogen (secondary N) is 1. The highest BCUT2D eigenvalue weighted by molar-refractivity contribution is 7.16. The number of carbonyl (C=O) groups excluding carboxylic acids is 1. The van der Waals surface area contributed by atoms with Crippen LogP contribution in [0.1, 0.15) is 5.56 Å². The third kappa shape index (κ3) is 3.64. The van der Waals surface area contributed by atoms with Crippen LogP contribution < -0.4 is 10.1 Å². The van der Waals surface area contributed by atoms with Gasteiger partial charge in [-0.2, -0.15) is 0 Å². The molecule has 0 aliphatic carbocycles. The second-order valence-electron chi connectivity index (χ2n) is 4.90. The standard InChI is InChI=1S/C18H13NO3S/c20-14-8-5-12(6-9-14)7-10-17(21)19-15-11-13-3-1-2-4-16(13)23-18(15)22/h1-11,20H,(H,19,21). The maximum atomic E-state index is 12.0. The Labute approximate surface area is 136 Å². The summed E-state index contributed by atoms with van der Waals surface area (Å²) in [6, 6.07) is 15.7. The third-order valence-corrected chi connectivity index (χ3v) is 4.22. The quantitative estimate of drug-likeness (QED) is 0.724. The van der Waals surface area contributed by atoms with Crippen LogP contribution in [0, 0.1) is 0 Å². The summed E-state index contributed by atoms with van der Waals surface area (Å²) in [6.07, 6.45) is 2.97. The molecule has 0 fully saturated rings. The van der Waals surface area contributed by atoms with Crippen molar-refractivity contribution in [2.75, 3.05) is 5.32 Å². The lowest BCUT2D eigenvalue weighted by Gasteiger charge is -2.02. The Morgan fingerprint density at radius 1 is 1.09 bits per heavy atom. The van der Waals surface area contributed by atoms with Gasteiger partial charge in [-0.3, -0.25) is 9.59 Å². The fraction of sp³-hybridized carbons (Fsp3) is 0. The fourth-order valence-electron chi connectivity index (χ4n) is 2.08. The van der Waals surface area contributed by atoms with E-state index in [4.69, 9.17) is 0 Å². The number of carbonyl (C=O) groups is 1. The molecule has 5 heteroatoms. The summed E-state index contributed by atoms with van der Waals surface area (Å²) in [5.74, 6) is -0.210. The van der Waals surface area contributed by atoms with Crippen molar-refractivity contribution in [2.24, 2.45) is 0 Å².